The van der Waals surface area contributed by atoms with E-state index in [0.29, 0.717) is 12.0 Å². The minimum atomic E-state index is -0.455. The molecule has 0 aromatic carbocycles. The predicted molar refractivity (Wildman–Crippen MR) is 163 cm³/mol. The number of aromatic nitrogens is 2. The van der Waals surface area contributed by atoms with Crippen molar-refractivity contribution >= 4 is 23.3 Å². The van der Waals surface area contributed by atoms with Crippen LogP contribution in [0, 0.1) is 6.92 Å². The van der Waals surface area contributed by atoms with Crippen molar-refractivity contribution in [2.45, 2.75) is 84.0 Å². The molecule has 4 aliphatic rings. The van der Waals surface area contributed by atoms with Crippen molar-refractivity contribution in [2.75, 3.05) is 62.7 Å². The molecule has 1 atom stereocenters. The van der Waals surface area contributed by atoms with Gasteiger partial charge in [-0.2, -0.15) is 0 Å². The van der Waals surface area contributed by atoms with Gasteiger partial charge in [0.05, 0.1) is 30.2 Å². The third-order valence-electron chi connectivity index (χ3n) is 9.02. The predicted octanol–water partition coefficient (Wildman–Crippen LogP) is 5.40. The van der Waals surface area contributed by atoms with Crippen LogP contribution in [0.1, 0.15) is 82.4 Å². The van der Waals surface area contributed by atoms with E-state index >= 15 is 0 Å². The van der Waals surface area contributed by atoms with Gasteiger partial charge in [-0.15, -0.1) is 0 Å². The number of anilines is 3. The van der Waals surface area contributed by atoms with Gasteiger partial charge in [-0.3, -0.25) is 4.98 Å². The maximum atomic E-state index is 12.5. The van der Waals surface area contributed by atoms with Crippen LogP contribution in [0.15, 0.2) is 18.3 Å². The number of nitrogens with one attached hydrogen (secondary N) is 1. The zero-order chi connectivity index (χ0) is 29.4. The fourth-order valence-electron chi connectivity index (χ4n) is 6.84. The molecule has 1 amide bonds. The van der Waals surface area contributed by atoms with E-state index in [1.165, 1.54) is 0 Å². The van der Waals surface area contributed by atoms with Crippen molar-refractivity contribution in [2.24, 2.45) is 0 Å². The number of pyridine rings is 2. The van der Waals surface area contributed by atoms with Crippen LogP contribution in [0.4, 0.5) is 22.0 Å². The lowest BCUT2D eigenvalue weighted by molar-refractivity contribution is 0.0126. The second kappa shape index (κ2) is 11.9. The van der Waals surface area contributed by atoms with Gasteiger partial charge in [0.25, 0.3) is 0 Å². The second-order valence-corrected chi connectivity index (χ2v) is 13.1. The molecule has 0 spiro atoms. The minimum absolute atomic E-state index is 0.156. The number of morpholine rings is 1. The highest BCUT2D eigenvalue weighted by atomic mass is 16.6. The van der Waals surface area contributed by atoms with E-state index in [-0.39, 0.29) is 12.2 Å². The first-order chi connectivity index (χ1) is 20.2. The maximum absolute atomic E-state index is 12.5. The van der Waals surface area contributed by atoms with E-state index in [1.807, 2.05) is 31.9 Å². The number of hydrogen-bond acceptors (Lipinski definition) is 9. The first-order valence-electron chi connectivity index (χ1n) is 15.6. The quantitative estimate of drug-likeness (QED) is 0.514. The first-order valence-corrected chi connectivity index (χ1v) is 15.6. The number of amides is 1. The summed E-state index contributed by atoms with van der Waals surface area (Å²) in [4.78, 5) is 29.1. The van der Waals surface area contributed by atoms with Crippen molar-refractivity contribution < 1.29 is 19.0 Å². The fraction of sp³-hybridized carbons (Fsp3) is 0.656. The molecule has 6 heterocycles. The van der Waals surface area contributed by atoms with Crippen LogP contribution in [0.2, 0.25) is 0 Å². The molecule has 42 heavy (non-hydrogen) atoms. The van der Waals surface area contributed by atoms with E-state index in [0.717, 1.165) is 118 Å². The molecule has 228 valence electrons. The van der Waals surface area contributed by atoms with E-state index < -0.39 is 5.60 Å². The topological polar surface area (TPSA) is 92.3 Å². The van der Waals surface area contributed by atoms with Gasteiger partial charge in [0, 0.05) is 55.7 Å². The summed E-state index contributed by atoms with van der Waals surface area (Å²) in [6.45, 7) is 16.7. The summed E-state index contributed by atoms with van der Waals surface area (Å²) in [6.07, 6.45) is 5.69. The molecule has 2 aromatic rings. The van der Waals surface area contributed by atoms with Crippen molar-refractivity contribution in [3.05, 3.63) is 35.3 Å². The molecular formula is C32H46N6O4. The summed E-state index contributed by atoms with van der Waals surface area (Å²) in [5, 5.41) is 3.63. The van der Waals surface area contributed by atoms with Crippen LogP contribution < -0.4 is 15.0 Å². The summed E-state index contributed by atoms with van der Waals surface area (Å²) >= 11 is 0. The van der Waals surface area contributed by atoms with Gasteiger partial charge in [-0.05, 0) is 85.5 Å². The molecule has 0 bridgehead atoms. The van der Waals surface area contributed by atoms with E-state index in [2.05, 4.69) is 41.1 Å². The lowest BCUT2D eigenvalue weighted by atomic mass is 9.90. The highest BCUT2D eigenvalue weighted by Crippen LogP contribution is 2.44. The van der Waals surface area contributed by atoms with Gasteiger partial charge in [0.2, 0.25) is 0 Å². The number of hydrogen-bond donors (Lipinski definition) is 1. The Morgan fingerprint density at radius 1 is 1.05 bits per heavy atom. The van der Waals surface area contributed by atoms with E-state index in [9.17, 15) is 4.79 Å². The SMILES string of the molecule is Cc1nc(C2CCN(C3CCN(C(=O)OC(C)(C)C)CC3)CC2)cc2c1OC(C)c1c(N3CCOCC3)ccnc1N2. The molecule has 3 fully saturated rings. The van der Waals surface area contributed by atoms with Crippen molar-refractivity contribution in [1.82, 2.24) is 19.8 Å². The monoisotopic (exact) mass is 578 g/mol. The average Bonchev–Trinajstić information content (AvgIpc) is 3.13. The minimum Gasteiger partial charge on any atom is -0.482 e. The number of likely N-dealkylation sites (tertiary alicyclic amines) is 2. The molecule has 3 saturated heterocycles. The van der Waals surface area contributed by atoms with Crippen molar-refractivity contribution in [3.8, 4) is 5.75 Å². The third-order valence-corrected chi connectivity index (χ3v) is 9.02. The Labute approximate surface area is 249 Å². The number of nitrogens with zero attached hydrogens (tertiary/aromatic N) is 5. The van der Waals surface area contributed by atoms with E-state index in [1.54, 1.807) is 0 Å². The molecule has 2 aromatic heterocycles. The molecule has 0 aliphatic carbocycles. The first kappa shape index (κ1) is 29.0. The molecule has 10 nitrogen and oxygen atoms in total. The number of rotatable bonds is 3. The lowest BCUT2D eigenvalue weighted by Crippen LogP contribution is -2.49. The van der Waals surface area contributed by atoms with Crippen molar-refractivity contribution in [1.29, 1.82) is 0 Å². The number of piperidine rings is 2. The molecular weight excluding hydrogens is 532 g/mol. The third kappa shape index (κ3) is 6.15. The molecule has 6 rings (SSSR count). The summed E-state index contributed by atoms with van der Waals surface area (Å²) in [5.41, 5.74) is 4.78. The Kier molecular flexibility index (Phi) is 8.20. The molecule has 0 radical (unpaired) electrons. The largest absolute Gasteiger partial charge is 0.482 e. The average molecular weight is 579 g/mol. The van der Waals surface area contributed by atoms with Crippen LogP contribution in [-0.4, -0.2) is 90.0 Å². The van der Waals surface area contributed by atoms with Crippen LogP contribution in [0.3, 0.4) is 0 Å². The number of fused-ring (bicyclic) bond motifs is 2. The van der Waals surface area contributed by atoms with Crippen LogP contribution in [-0.2, 0) is 9.47 Å². The van der Waals surface area contributed by atoms with Gasteiger partial charge >= 0.3 is 6.09 Å². The molecule has 0 saturated carbocycles. The van der Waals surface area contributed by atoms with Gasteiger partial charge in [0.15, 0.2) is 5.75 Å². The molecule has 1 unspecified atom stereocenters. The van der Waals surface area contributed by atoms with Gasteiger partial charge < -0.3 is 34.2 Å². The van der Waals surface area contributed by atoms with Gasteiger partial charge in [0.1, 0.15) is 17.5 Å². The number of ether oxygens (including phenoxy) is 3. The highest BCUT2D eigenvalue weighted by Gasteiger charge is 2.33. The summed E-state index contributed by atoms with van der Waals surface area (Å²) in [7, 11) is 0. The Hall–Kier alpha value is -3.11. The standard InChI is InChI=1S/C32H46N6O4/c1-21-29-26(35-30-28(22(2)41-29)27(6-11-33-30)37-16-18-40-19-17-37)20-25(34-21)23-7-12-36(13-8-23)24-9-14-38(15-10-24)31(39)42-32(3,4)5/h6,11,20,22-24H,7-10,12-19H2,1-5H3,(H,33,35). The normalized spacial score (nSPS) is 22.5. The summed E-state index contributed by atoms with van der Waals surface area (Å²) < 4.78 is 17.7. The van der Waals surface area contributed by atoms with Crippen LogP contribution >= 0.6 is 0 Å². The van der Waals surface area contributed by atoms with Gasteiger partial charge in [-0.1, -0.05) is 0 Å². The zero-order valence-corrected chi connectivity index (χ0v) is 25.8. The Morgan fingerprint density at radius 3 is 2.45 bits per heavy atom. The molecule has 4 aliphatic heterocycles. The van der Waals surface area contributed by atoms with Crippen LogP contribution in [0.5, 0.6) is 5.75 Å². The fourth-order valence-corrected chi connectivity index (χ4v) is 6.84. The Balaban J connectivity index is 1.11. The van der Waals surface area contributed by atoms with E-state index in [4.69, 9.17) is 24.2 Å². The summed E-state index contributed by atoms with van der Waals surface area (Å²) in [6, 6.07) is 4.80. The number of aryl methyl sites for hydroxylation is 1. The van der Waals surface area contributed by atoms with Crippen molar-refractivity contribution in [3.63, 3.8) is 0 Å². The highest BCUT2D eigenvalue weighted by molar-refractivity contribution is 5.74. The zero-order valence-electron chi connectivity index (χ0n) is 25.8. The Morgan fingerprint density at radius 2 is 1.76 bits per heavy atom. The number of carbonyl (C=O) groups excluding carboxylic acids is 1. The lowest BCUT2D eigenvalue weighted by Gasteiger charge is -2.41. The maximum Gasteiger partial charge on any atom is 0.410 e. The second-order valence-electron chi connectivity index (χ2n) is 13.1. The summed E-state index contributed by atoms with van der Waals surface area (Å²) in [5.74, 6) is 2.07. The molecule has 10 heteroatoms. The smallest absolute Gasteiger partial charge is 0.410 e. The Bertz CT molecular complexity index is 1270. The molecule has 1 N–H and O–H groups in total. The van der Waals surface area contributed by atoms with Crippen LogP contribution in [0.25, 0.3) is 0 Å². The number of carbonyl (C=O) groups is 1. The van der Waals surface area contributed by atoms with Gasteiger partial charge in [-0.25, -0.2) is 9.78 Å².